The second-order valence-electron chi connectivity index (χ2n) is 5.09. The van der Waals surface area contributed by atoms with E-state index in [1.54, 1.807) is 0 Å². The Balaban J connectivity index is 1.72. The standard InChI is InChI=1S/C11H16N5O6P/c12-9-7-10(14-4-13-9)16(5-15-7)11-8(17)6(3-22-11)21-1-2-23(18,19)20/h4-6,8,11,17H,1-3H2,(H2,12,13,14)(H2,18,19,20)/t6-,8+,11+/m0/s1. The maximum atomic E-state index is 10.8. The number of hydrogen-bond donors (Lipinski definition) is 4. The van der Waals surface area contributed by atoms with Crippen LogP contribution in [0.4, 0.5) is 5.82 Å². The third-order valence-corrected chi connectivity index (χ3v) is 4.25. The van der Waals surface area contributed by atoms with E-state index in [0.717, 1.165) is 0 Å². The number of aromatic nitrogens is 4. The first-order chi connectivity index (χ1) is 10.9. The van der Waals surface area contributed by atoms with Gasteiger partial charge in [-0.25, -0.2) is 15.0 Å². The van der Waals surface area contributed by atoms with Crippen molar-refractivity contribution in [1.29, 1.82) is 0 Å². The normalized spacial score (nSPS) is 25.3. The number of anilines is 1. The highest BCUT2D eigenvalue weighted by Crippen LogP contribution is 2.34. The molecule has 11 nitrogen and oxygen atoms in total. The van der Waals surface area contributed by atoms with E-state index in [1.165, 1.54) is 17.2 Å². The summed E-state index contributed by atoms with van der Waals surface area (Å²) in [6.07, 6.45) is -0.233. The highest BCUT2D eigenvalue weighted by molar-refractivity contribution is 7.51. The molecule has 3 atom stereocenters. The van der Waals surface area contributed by atoms with E-state index in [4.69, 9.17) is 25.0 Å². The van der Waals surface area contributed by atoms with Crippen LogP contribution < -0.4 is 5.73 Å². The Kier molecular flexibility index (Phi) is 4.32. The van der Waals surface area contributed by atoms with Crippen LogP contribution in [-0.4, -0.2) is 66.0 Å². The lowest BCUT2D eigenvalue weighted by Gasteiger charge is -2.19. The Morgan fingerprint density at radius 1 is 1.43 bits per heavy atom. The number of rotatable bonds is 5. The highest BCUT2D eigenvalue weighted by atomic mass is 31.2. The van der Waals surface area contributed by atoms with Crippen LogP contribution in [0.2, 0.25) is 0 Å². The largest absolute Gasteiger partial charge is 0.386 e. The first-order valence-electron chi connectivity index (χ1n) is 6.75. The predicted octanol–water partition coefficient (Wildman–Crippen LogP) is -1.14. The molecule has 23 heavy (non-hydrogen) atoms. The molecule has 0 unspecified atom stereocenters. The summed E-state index contributed by atoms with van der Waals surface area (Å²) in [6, 6.07) is 0. The van der Waals surface area contributed by atoms with E-state index in [2.05, 4.69) is 15.0 Å². The molecule has 1 fully saturated rings. The smallest absolute Gasteiger partial charge is 0.327 e. The van der Waals surface area contributed by atoms with Crippen molar-refractivity contribution in [3.63, 3.8) is 0 Å². The van der Waals surface area contributed by atoms with Gasteiger partial charge in [0.15, 0.2) is 17.7 Å². The molecule has 0 aliphatic carbocycles. The lowest BCUT2D eigenvalue weighted by molar-refractivity contribution is -0.0321. The van der Waals surface area contributed by atoms with Crippen molar-refractivity contribution in [2.45, 2.75) is 18.4 Å². The number of aliphatic hydroxyl groups is 1. The molecule has 0 saturated carbocycles. The van der Waals surface area contributed by atoms with Crippen LogP contribution in [0.5, 0.6) is 0 Å². The summed E-state index contributed by atoms with van der Waals surface area (Å²) in [7, 11) is -4.14. The van der Waals surface area contributed by atoms with Gasteiger partial charge in [0.1, 0.15) is 24.1 Å². The first kappa shape index (κ1) is 16.2. The predicted molar refractivity (Wildman–Crippen MR) is 77.4 cm³/mol. The van der Waals surface area contributed by atoms with Crippen molar-refractivity contribution < 1.29 is 28.9 Å². The van der Waals surface area contributed by atoms with Crippen molar-refractivity contribution in [3.05, 3.63) is 12.7 Å². The second kappa shape index (κ2) is 6.11. The van der Waals surface area contributed by atoms with E-state index < -0.39 is 32.2 Å². The molecule has 0 amide bonds. The number of nitrogens with two attached hydrogens (primary N) is 1. The van der Waals surface area contributed by atoms with Crippen molar-refractivity contribution in [2.24, 2.45) is 0 Å². The summed E-state index contributed by atoms with van der Waals surface area (Å²) in [4.78, 5) is 29.6. The zero-order valence-corrected chi connectivity index (χ0v) is 12.8. The number of hydrogen-bond acceptors (Lipinski definition) is 8. The number of imidazole rings is 1. The van der Waals surface area contributed by atoms with Gasteiger partial charge in [-0.2, -0.15) is 0 Å². The fourth-order valence-corrected chi connectivity index (χ4v) is 2.69. The average Bonchev–Trinajstić information content (AvgIpc) is 3.03. The van der Waals surface area contributed by atoms with Gasteiger partial charge in [0.25, 0.3) is 0 Å². The van der Waals surface area contributed by atoms with Gasteiger partial charge in [0.2, 0.25) is 0 Å². The molecule has 0 bridgehead atoms. The third kappa shape index (κ3) is 3.34. The Morgan fingerprint density at radius 2 is 2.22 bits per heavy atom. The van der Waals surface area contributed by atoms with Crippen LogP contribution in [0.1, 0.15) is 6.23 Å². The molecule has 2 aromatic heterocycles. The summed E-state index contributed by atoms with van der Waals surface area (Å²) in [5.74, 6) is 0.218. The molecule has 0 aromatic carbocycles. The van der Waals surface area contributed by atoms with Gasteiger partial charge < -0.3 is 30.1 Å². The van der Waals surface area contributed by atoms with E-state index in [-0.39, 0.29) is 19.0 Å². The van der Waals surface area contributed by atoms with E-state index in [1.807, 2.05) is 0 Å². The van der Waals surface area contributed by atoms with E-state index in [0.29, 0.717) is 11.2 Å². The van der Waals surface area contributed by atoms with Gasteiger partial charge >= 0.3 is 7.60 Å². The van der Waals surface area contributed by atoms with E-state index >= 15 is 0 Å². The molecule has 12 heteroatoms. The SMILES string of the molecule is Nc1ncnc2c1ncn2[C@@H]1OC[C@H](OCCP(=O)(O)O)[C@H]1O. The van der Waals surface area contributed by atoms with Crippen LogP contribution in [0.25, 0.3) is 11.2 Å². The van der Waals surface area contributed by atoms with Gasteiger partial charge in [-0.1, -0.05) is 0 Å². The number of nitrogen functional groups attached to an aromatic ring is 1. The summed E-state index contributed by atoms with van der Waals surface area (Å²) < 4.78 is 23.1. The van der Waals surface area contributed by atoms with Gasteiger partial charge in [-0.05, 0) is 0 Å². The molecule has 126 valence electrons. The topological polar surface area (TPSA) is 166 Å². The number of fused-ring (bicyclic) bond motifs is 1. The van der Waals surface area contributed by atoms with Gasteiger partial charge in [-0.3, -0.25) is 9.13 Å². The lowest BCUT2D eigenvalue weighted by Crippen LogP contribution is -2.31. The van der Waals surface area contributed by atoms with E-state index in [9.17, 15) is 9.67 Å². The van der Waals surface area contributed by atoms with Crippen LogP contribution in [0.3, 0.4) is 0 Å². The van der Waals surface area contributed by atoms with Crippen molar-refractivity contribution in [3.8, 4) is 0 Å². The molecule has 3 heterocycles. The molecule has 5 N–H and O–H groups in total. The zero-order valence-electron chi connectivity index (χ0n) is 11.9. The minimum atomic E-state index is -4.14. The van der Waals surface area contributed by atoms with Crippen molar-refractivity contribution >= 4 is 24.6 Å². The molecule has 2 aromatic rings. The van der Waals surface area contributed by atoms with Gasteiger partial charge in [-0.15, -0.1) is 0 Å². The second-order valence-corrected chi connectivity index (χ2v) is 6.87. The molecule has 1 saturated heterocycles. The number of nitrogens with zero attached hydrogens (tertiary/aromatic N) is 4. The lowest BCUT2D eigenvalue weighted by atomic mass is 10.2. The Hall–Kier alpha value is -1.62. The molecule has 0 spiro atoms. The Labute approximate surface area is 130 Å². The maximum absolute atomic E-state index is 10.8. The monoisotopic (exact) mass is 345 g/mol. The fraction of sp³-hybridized carbons (Fsp3) is 0.545. The molecular weight excluding hydrogens is 329 g/mol. The quantitative estimate of drug-likeness (QED) is 0.486. The number of ether oxygens (including phenoxy) is 2. The average molecular weight is 345 g/mol. The van der Waals surface area contributed by atoms with Crippen LogP contribution in [0.15, 0.2) is 12.7 Å². The molecule has 1 aliphatic heterocycles. The van der Waals surface area contributed by atoms with Crippen LogP contribution >= 0.6 is 7.60 Å². The third-order valence-electron chi connectivity index (χ3n) is 3.48. The molecular formula is C11H16N5O6P. The van der Waals surface area contributed by atoms with Crippen LogP contribution in [-0.2, 0) is 14.0 Å². The zero-order chi connectivity index (χ0) is 16.6. The maximum Gasteiger partial charge on any atom is 0.327 e. The fourth-order valence-electron chi connectivity index (χ4n) is 2.35. The summed E-state index contributed by atoms with van der Waals surface area (Å²) in [5.41, 5.74) is 6.52. The number of aliphatic hydroxyl groups excluding tert-OH is 1. The Morgan fingerprint density at radius 3 is 2.96 bits per heavy atom. The van der Waals surface area contributed by atoms with Crippen molar-refractivity contribution in [2.75, 3.05) is 25.1 Å². The summed E-state index contributed by atoms with van der Waals surface area (Å²) >= 11 is 0. The van der Waals surface area contributed by atoms with Crippen LogP contribution in [0, 0.1) is 0 Å². The molecule has 0 radical (unpaired) electrons. The highest BCUT2D eigenvalue weighted by Gasteiger charge is 2.39. The molecule has 3 rings (SSSR count). The summed E-state index contributed by atoms with van der Waals surface area (Å²) in [5, 5.41) is 10.3. The minimum Gasteiger partial charge on any atom is -0.386 e. The Bertz CT molecular complexity index is 748. The van der Waals surface area contributed by atoms with Gasteiger partial charge in [0.05, 0.1) is 25.7 Å². The molecule has 1 aliphatic rings. The van der Waals surface area contributed by atoms with Crippen molar-refractivity contribution in [1.82, 2.24) is 19.5 Å². The van der Waals surface area contributed by atoms with Gasteiger partial charge in [0, 0.05) is 0 Å². The first-order valence-corrected chi connectivity index (χ1v) is 8.55. The summed E-state index contributed by atoms with van der Waals surface area (Å²) in [6.45, 7) is -0.102. The minimum absolute atomic E-state index is 0.0766.